The van der Waals surface area contributed by atoms with Crippen molar-refractivity contribution in [2.75, 3.05) is 0 Å². The molecule has 19 heavy (non-hydrogen) atoms. The molecule has 1 unspecified atom stereocenters. The molecule has 1 atom stereocenters. The molecule has 2 aromatic rings. The van der Waals surface area contributed by atoms with Crippen LogP contribution in [0.5, 0.6) is 0 Å². The van der Waals surface area contributed by atoms with Gasteiger partial charge in [0.1, 0.15) is 0 Å². The average molecular weight is 265 g/mol. The van der Waals surface area contributed by atoms with Crippen LogP contribution in [-0.4, -0.2) is 9.78 Å². The Balaban J connectivity index is 2.16. The molecule has 0 spiro atoms. The molecule has 0 amide bonds. The average Bonchev–Trinajstić information content (AvgIpc) is 2.81. The highest BCUT2D eigenvalue weighted by Gasteiger charge is 2.16. The Bertz CT molecular complexity index is 564. The van der Waals surface area contributed by atoms with E-state index < -0.39 is 17.7 Å². The first kappa shape index (κ1) is 13.7. The van der Waals surface area contributed by atoms with Gasteiger partial charge < -0.3 is 5.73 Å². The summed E-state index contributed by atoms with van der Waals surface area (Å²) in [7, 11) is 0. The molecule has 5 heteroatoms. The molecule has 0 fully saturated rings. The van der Waals surface area contributed by atoms with Crippen LogP contribution in [0.25, 0.3) is 0 Å². The number of rotatable bonds is 4. The number of halogens is 2. The first-order valence-corrected chi connectivity index (χ1v) is 6.22. The summed E-state index contributed by atoms with van der Waals surface area (Å²) in [6.07, 6.45) is 2.23. The minimum Gasteiger partial charge on any atom is -0.324 e. The highest BCUT2D eigenvalue weighted by atomic mass is 19.2. The van der Waals surface area contributed by atoms with E-state index in [4.69, 9.17) is 5.73 Å². The molecule has 1 heterocycles. The van der Waals surface area contributed by atoms with E-state index in [1.165, 1.54) is 12.1 Å². The quantitative estimate of drug-likeness (QED) is 0.923. The van der Waals surface area contributed by atoms with Gasteiger partial charge in [-0.2, -0.15) is 5.10 Å². The number of nitrogens with zero attached hydrogens (tertiary/aromatic N) is 2. The van der Waals surface area contributed by atoms with Crippen LogP contribution in [0.2, 0.25) is 0 Å². The fourth-order valence-corrected chi connectivity index (χ4v) is 1.92. The molecule has 1 aromatic carbocycles. The Kier molecular flexibility index (Phi) is 3.95. The normalized spacial score (nSPS) is 12.9. The van der Waals surface area contributed by atoms with Crippen LogP contribution in [0.4, 0.5) is 8.78 Å². The summed E-state index contributed by atoms with van der Waals surface area (Å²) in [5.74, 6) is -1.75. The van der Waals surface area contributed by atoms with Crippen molar-refractivity contribution in [3.05, 3.63) is 53.4 Å². The summed E-state index contributed by atoms with van der Waals surface area (Å²) in [5, 5.41) is 4.35. The Morgan fingerprint density at radius 1 is 1.26 bits per heavy atom. The third-order valence-corrected chi connectivity index (χ3v) is 3.00. The molecule has 0 aliphatic carbocycles. The van der Waals surface area contributed by atoms with Crippen molar-refractivity contribution in [2.45, 2.75) is 32.4 Å². The van der Waals surface area contributed by atoms with E-state index in [9.17, 15) is 8.78 Å². The largest absolute Gasteiger partial charge is 0.324 e. The Labute approximate surface area is 111 Å². The zero-order chi connectivity index (χ0) is 14.0. The molecule has 0 aliphatic rings. The van der Waals surface area contributed by atoms with Gasteiger partial charge in [0.15, 0.2) is 11.6 Å². The minimum absolute atomic E-state index is 0.180. The van der Waals surface area contributed by atoms with Gasteiger partial charge in [0.05, 0.1) is 5.69 Å². The maximum absolute atomic E-state index is 13.6. The van der Waals surface area contributed by atoms with Gasteiger partial charge in [-0.3, -0.25) is 4.68 Å². The lowest BCUT2D eigenvalue weighted by Gasteiger charge is -2.12. The van der Waals surface area contributed by atoms with Gasteiger partial charge in [-0.25, -0.2) is 8.78 Å². The van der Waals surface area contributed by atoms with Crippen LogP contribution in [0, 0.1) is 11.6 Å². The monoisotopic (exact) mass is 265 g/mol. The second kappa shape index (κ2) is 5.48. The number of aromatic nitrogens is 2. The molecular weight excluding hydrogens is 248 g/mol. The molecule has 0 radical (unpaired) electrons. The van der Waals surface area contributed by atoms with Gasteiger partial charge in [-0.1, -0.05) is 12.1 Å². The summed E-state index contributed by atoms with van der Waals surface area (Å²) in [6, 6.07) is 5.54. The van der Waals surface area contributed by atoms with Crippen molar-refractivity contribution in [3.8, 4) is 0 Å². The second-order valence-corrected chi connectivity index (χ2v) is 4.83. The number of nitrogens with two attached hydrogens (primary N) is 1. The first-order chi connectivity index (χ1) is 8.99. The van der Waals surface area contributed by atoms with Gasteiger partial charge in [0.2, 0.25) is 0 Å². The summed E-state index contributed by atoms with van der Waals surface area (Å²) in [6.45, 7) is 4.03. The summed E-state index contributed by atoms with van der Waals surface area (Å²) < 4.78 is 28.6. The van der Waals surface area contributed by atoms with E-state index >= 15 is 0 Å². The van der Waals surface area contributed by atoms with Crippen LogP contribution < -0.4 is 5.73 Å². The van der Waals surface area contributed by atoms with Crippen LogP contribution in [0.1, 0.15) is 37.2 Å². The maximum atomic E-state index is 13.6. The van der Waals surface area contributed by atoms with Crippen molar-refractivity contribution in [1.29, 1.82) is 0 Å². The van der Waals surface area contributed by atoms with Crippen LogP contribution in [0.15, 0.2) is 30.5 Å². The first-order valence-electron chi connectivity index (χ1n) is 6.22. The lowest BCUT2D eigenvalue weighted by atomic mass is 10.0. The molecule has 0 aliphatic heterocycles. The van der Waals surface area contributed by atoms with Gasteiger partial charge in [-0.15, -0.1) is 0 Å². The standard InChI is InChI=1S/C14H17F2N3/c1-9(2)19-7-6-10(18-19)8-13(17)11-4-3-5-12(15)14(11)16/h3-7,9,13H,8,17H2,1-2H3. The fraction of sp³-hybridized carbons (Fsp3) is 0.357. The number of hydrogen-bond acceptors (Lipinski definition) is 2. The third kappa shape index (κ3) is 2.98. The zero-order valence-electron chi connectivity index (χ0n) is 11.0. The van der Waals surface area contributed by atoms with E-state index in [0.29, 0.717) is 6.42 Å². The van der Waals surface area contributed by atoms with Crippen molar-refractivity contribution in [3.63, 3.8) is 0 Å². The topological polar surface area (TPSA) is 43.8 Å². The zero-order valence-corrected chi connectivity index (χ0v) is 11.0. The molecular formula is C14H17F2N3. The predicted octanol–water partition coefficient (Wildman–Crippen LogP) is 2.98. The fourth-order valence-electron chi connectivity index (χ4n) is 1.92. The molecule has 0 saturated heterocycles. The van der Waals surface area contributed by atoms with Gasteiger partial charge >= 0.3 is 0 Å². The van der Waals surface area contributed by atoms with Crippen LogP contribution in [-0.2, 0) is 6.42 Å². The van der Waals surface area contributed by atoms with Gasteiger partial charge in [-0.05, 0) is 26.0 Å². The molecule has 2 rings (SSSR count). The molecule has 0 saturated carbocycles. The van der Waals surface area contributed by atoms with Crippen LogP contribution in [0.3, 0.4) is 0 Å². The van der Waals surface area contributed by atoms with Gasteiger partial charge in [0.25, 0.3) is 0 Å². The summed E-state index contributed by atoms with van der Waals surface area (Å²) in [4.78, 5) is 0. The minimum atomic E-state index is -0.877. The van der Waals surface area contributed by atoms with Crippen LogP contribution >= 0.6 is 0 Å². The number of hydrogen-bond donors (Lipinski definition) is 1. The highest BCUT2D eigenvalue weighted by molar-refractivity contribution is 5.23. The van der Waals surface area contributed by atoms with E-state index in [1.54, 1.807) is 0 Å². The van der Waals surface area contributed by atoms with Crippen molar-refractivity contribution in [1.82, 2.24) is 9.78 Å². The molecule has 102 valence electrons. The van der Waals surface area contributed by atoms with E-state index in [-0.39, 0.29) is 11.6 Å². The third-order valence-electron chi connectivity index (χ3n) is 3.00. The second-order valence-electron chi connectivity index (χ2n) is 4.83. The smallest absolute Gasteiger partial charge is 0.163 e. The molecule has 3 nitrogen and oxygen atoms in total. The summed E-state index contributed by atoms with van der Waals surface area (Å²) in [5.41, 5.74) is 6.87. The van der Waals surface area contributed by atoms with Crippen molar-refractivity contribution in [2.24, 2.45) is 5.73 Å². The number of benzene rings is 1. The summed E-state index contributed by atoms with van der Waals surface area (Å²) >= 11 is 0. The maximum Gasteiger partial charge on any atom is 0.163 e. The van der Waals surface area contributed by atoms with Gasteiger partial charge in [0, 0.05) is 30.3 Å². The lowest BCUT2D eigenvalue weighted by Crippen LogP contribution is -2.16. The predicted molar refractivity (Wildman–Crippen MR) is 69.6 cm³/mol. The Morgan fingerprint density at radius 3 is 2.63 bits per heavy atom. The van der Waals surface area contributed by atoms with Crippen molar-refractivity contribution < 1.29 is 8.78 Å². The molecule has 2 N–H and O–H groups in total. The van der Waals surface area contributed by atoms with Crippen molar-refractivity contribution >= 4 is 0 Å². The van der Waals surface area contributed by atoms with E-state index in [1.807, 2.05) is 30.8 Å². The van der Waals surface area contributed by atoms with E-state index in [2.05, 4.69) is 5.10 Å². The molecule has 1 aromatic heterocycles. The Hall–Kier alpha value is -1.75. The SMILES string of the molecule is CC(C)n1ccc(CC(N)c2cccc(F)c2F)n1. The van der Waals surface area contributed by atoms with E-state index in [0.717, 1.165) is 11.8 Å². The lowest BCUT2D eigenvalue weighted by molar-refractivity contribution is 0.485. The Morgan fingerprint density at radius 2 is 2.00 bits per heavy atom. The molecule has 0 bridgehead atoms. The highest BCUT2D eigenvalue weighted by Crippen LogP contribution is 2.20.